The smallest absolute Gasteiger partial charge is 0.291 e. The van der Waals surface area contributed by atoms with E-state index in [4.69, 9.17) is 0 Å². The lowest BCUT2D eigenvalue weighted by atomic mass is 10.0. The molecule has 2 aromatic carbocycles. The highest BCUT2D eigenvalue weighted by atomic mass is 16.2. The Morgan fingerprint density at radius 3 is 2.08 bits per heavy atom. The maximum absolute atomic E-state index is 12.1. The minimum atomic E-state index is -0.376. The van der Waals surface area contributed by atoms with E-state index >= 15 is 0 Å². The van der Waals surface area contributed by atoms with Crippen LogP contribution in [-0.4, -0.2) is 27.6 Å². The fraction of sp³-hybridized carbons (Fsp3) is 0.0526. The Morgan fingerprint density at radius 1 is 0.917 bits per heavy atom. The van der Waals surface area contributed by atoms with Crippen molar-refractivity contribution in [3.63, 3.8) is 0 Å². The standard InChI is InChI=1S/C19H16N4O/c1-2-13-20-19(24)18-21-16(14-9-5-3-6-10-14)17(22-23-18)15-11-7-4-8-12-15/h2-12H,1,13H2,(H,20,24). The van der Waals surface area contributed by atoms with Gasteiger partial charge < -0.3 is 5.32 Å². The molecular formula is C19H16N4O. The van der Waals surface area contributed by atoms with Gasteiger partial charge in [0.25, 0.3) is 5.91 Å². The van der Waals surface area contributed by atoms with Crippen LogP contribution < -0.4 is 5.32 Å². The first-order valence-corrected chi connectivity index (χ1v) is 7.54. The summed E-state index contributed by atoms with van der Waals surface area (Å²) in [5, 5.41) is 10.9. The number of hydrogen-bond acceptors (Lipinski definition) is 4. The van der Waals surface area contributed by atoms with Crippen LogP contribution in [0.2, 0.25) is 0 Å². The Hall–Kier alpha value is -3.34. The van der Waals surface area contributed by atoms with Gasteiger partial charge >= 0.3 is 0 Å². The maximum Gasteiger partial charge on any atom is 0.291 e. The number of hydrogen-bond donors (Lipinski definition) is 1. The van der Waals surface area contributed by atoms with Crippen molar-refractivity contribution in [2.45, 2.75) is 0 Å². The first kappa shape index (κ1) is 15.6. The number of rotatable bonds is 5. The molecule has 0 atom stereocenters. The summed E-state index contributed by atoms with van der Waals surface area (Å²) in [4.78, 5) is 16.6. The molecule has 5 nitrogen and oxygen atoms in total. The molecule has 3 rings (SSSR count). The third-order valence-corrected chi connectivity index (χ3v) is 3.39. The van der Waals surface area contributed by atoms with Crippen molar-refractivity contribution in [1.29, 1.82) is 0 Å². The van der Waals surface area contributed by atoms with E-state index < -0.39 is 0 Å². The molecule has 0 radical (unpaired) electrons. The summed E-state index contributed by atoms with van der Waals surface area (Å²) in [5.74, 6) is -0.338. The summed E-state index contributed by atoms with van der Waals surface area (Å²) in [6, 6.07) is 19.3. The molecule has 0 unspecified atom stereocenters. The van der Waals surface area contributed by atoms with Gasteiger partial charge in [0.1, 0.15) is 11.4 Å². The normalized spacial score (nSPS) is 10.2. The van der Waals surface area contributed by atoms with Crippen LogP contribution in [0.15, 0.2) is 73.3 Å². The van der Waals surface area contributed by atoms with Gasteiger partial charge in [-0.05, 0) is 0 Å². The molecule has 0 saturated heterocycles. The van der Waals surface area contributed by atoms with Gasteiger partial charge in [0.2, 0.25) is 5.82 Å². The number of nitrogens with one attached hydrogen (secondary N) is 1. The van der Waals surface area contributed by atoms with Crippen molar-refractivity contribution in [3.8, 4) is 22.5 Å². The van der Waals surface area contributed by atoms with Crippen LogP contribution in [0.1, 0.15) is 10.6 Å². The summed E-state index contributed by atoms with van der Waals surface area (Å²) in [6.07, 6.45) is 1.60. The van der Waals surface area contributed by atoms with Gasteiger partial charge in [-0.15, -0.1) is 16.8 Å². The summed E-state index contributed by atoms with van der Waals surface area (Å²) in [7, 11) is 0. The second-order valence-corrected chi connectivity index (χ2v) is 5.06. The number of amides is 1. The third-order valence-electron chi connectivity index (χ3n) is 3.39. The van der Waals surface area contributed by atoms with Crippen molar-refractivity contribution in [1.82, 2.24) is 20.5 Å². The van der Waals surface area contributed by atoms with Gasteiger partial charge in [-0.1, -0.05) is 66.7 Å². The van der Waals surface area contributed by atoms with Crippen LogP contribution in [0.3, 0.4) is 0 Å². The first-order valence-electron chi connectivity index (χ1n) is 7.54. The van der Waals surface area contributed by atoms with Gasteiger partial charge in [0.15, 0.2) is 0 Å². The highest BCUT2D eigenvalue weighted by molar-refractivity contribution is 5.91. The Labute approximate surface area is 140 Å². The van der Waals surface area contributed by atoms with Gasteiger partial charge in [-0.2, -0.15) is 0 Å². The summed E-state index contributed by atoms with van der Waals surface area (Å²) in [5.41, 5.74) is 3.04. The highest BCUT2D eigenvalue weighted by Crippen LogP contribution is 2.27. The molecule has 0 aliphatic rings. The molecule has 0 fully saturated rings. The molecule has 1 amide bonds. The number of aromatic nitrogens is 3. The third kappa shape index (κ3) is 3.35. The van der Waals surface area contributed by atoms with E-state index in [2.05, 4.69) is 27.1 Å². The van der Waals surface area contributed by atoms with Gasteiger partial charge in [-0.3, -0.25) is 4.79 Å². The topological polar surface area (TPSA) is 67.8 Å². The van der Waals surface area contributed by atoms with E-state index in [9.17, 15) is 4.79 Å². The van der Waals surface area contributed by atoms with Gasteiger partial charge in [0.05, 0.1) is 0 Å². The minimum absolute atomic E-state index is 0.0374. The summed E-state index contributed by atoms with van der Waals surface area (Å²) < 4.78 is 0. The molecule has 1 N–H and O–H groups in total. The zero-order valence-corrected chi connectivity index (χ0v) is 13.0. The number of benzene rings is 2. The van der Waals surface area contributed by atoms with Gasteiger partial charge in [-0.25, -0.2) is 4.98 Å². The SMILES string of the molecule is C=CCNC(=O)c1nnc(-c2ccccc2)c(-c2ccccc2)n1. The Bertz CT molecular complexity index is 848. The fourth-order valence-electron chi connectivity index (χ4n) is 2.25. The molecule has 118 valence electrons. The molecule has 0 aliphatic carbocycles. The summed E-state index contributed by atoms with van der Waals surface area (Å²) >= 11 is 0. The highest BCUT2D eigenvalue weighted by Gasteiger charge is 2.16. The Morgan fingerprint density at radius 2 is 1.50 bits per heavy atom. The number of carbonyl (C=O) groups is 1. The monoisotopic (exact) mass is 316 g/mol. The second kappa shape index (κ2) is 7.28. The molecule has 0 bridgehead atoms. The molecule has 1 heterocycles. The largest absolute Gasteiger partial charge is 0.346 e. The van der Waals surface area contributed by atoms with Crippen LogP contribution in [0.25, 0.3) is 22.5 Å². The fourth-order valence-corrected chi connectivity index (χ4v) is 2.25. The predicted octanol–water partition coefficient (Wildman–Crippen LogP) is 3.12. The molecule has 5 heteroatoms. The molecule has 3 aromatic rings. The van der Waals surface area contributed by atoms with E-state index in [-0.39, 0.29) is 11.7 Å². The molecule has 0 saturated carbocycles. The van der Waals surface area contributed by atoms with Crippen LogP contribution in [0.5, 0.6) is 0 Å². The van der Waals surface area contributed by atoms with Crippen molar-refractivity contribution in [3.05, 3.63) is 79.1 Å². The van der Waals surface area contributed by atoms with Crippen molar-refractivity contribution in [2.24, 2.45) is 0 Å². The van der Waals surface area contributed by atoms with E-state index in [0.29, 0.717) is 17.9 Å². The molecule has 1 aromatic heterocycles. The van der Waals surface area contributed by atoms with Crippen LogP contribution in [-0.2, 0) is 0 Å². The van der Waals surface area contributed by atoms with E-state index in [0.717, 1.165) is 11.1 Å². The van der Waals surface area contributed by atoms with E-state index in [1.54, 1.807) is 6.08 Å². The number of carbonyl (C=O) groups excluding carboxylic acids is 1. The quantitative estimate of drug-likeness (QED) is 0.734. The average Bonchev–Trinajstić information content (AvgIpc) is 2.67. The Kier molecular flexibility index (Phi) is 4.72. The average molecular weight is 316 g/mol. The molecule has 24 heavy (non-hydrogen) atoms. The zero-order valence-electron chi connectivity index (χ0n) is 13.0. The lowest BCUT2D eigenvalue weighted by Gasteiger charge is -2.09. The van der Waals surface area contributed by atoms with E-state index in [1.807, 2.05) is 60.7 Å². The van der Waals surface area contributed by atoms with Crippen LogP contribution in [0, 0.1) is 0 Å². The lowest BCUT2D eigenvalue weighted by molar-refractivity contribution is 0.0946. The molecular weight excluding hydrogens is 300 g/mol. The second-order valence-electron chi connectivity index (χ2n) is 5.06. The Balaban J connectivity index is 2.10. The van der Waals surface area contributed by atoms with E-state index in [1.165, 1.54) is 0 Å². The summed E-state index contributed by atoms with van der Waals surface area (Å²) in [6.45, 7) is 3.92. The van der Waals surface area contributed by atoms with Crippen molar-refractivity contribution < 1.29 is 4.79 Å². The molecule has 0 aliphatic heterocycles. The minimum Gasteiger partial charge on any atom is -0.346 e. The van der Waals surface area contributed by atoms with Crippen LogP contribution >= 0.6 is 0 Å². The number of nitrogens with zero attached hydrogens (tertiary/aromatic N) is 3. The first-order chi connectivity index (χ1) is 11.8. The molecule has 0 spiro atoms. The maximum atomic E-state index is 12.1. The van der Waals surface area contributed by atoms with Gasteiger partial charge in [0, 0.05) is 17.7 Å². The predicted molar refractivity (Wildman–Crippen MR) is 93.2 cm³/mol. The lowest BCUT2D eigenvalue weighted by Crippen LogP contribution is -2.26. The van der Waals surface area contributed by atoms with Crippen LogP contribution in [0.4, 0.5) is 0 Å². The zero-order chi connectivity index (χ0) is 16.8. The van der Waals surface area contributed by atoms with Crippen molar-refractivity contribution >= 4 is 5.91 Å². The van der Waals surface area contributed by atoms with Crippen molar-refractivity contribution in [2.75, 3.05) is 6.54 Å².